The van der Waals surface area contributed by atoms with Crippen LogP contribution in [0.5, 0.6) is 0 Å². The third-order valence-electron chi connectivity index (χ3n) is 2.45. The number of rotatable bonds is 8. The van der Waals surface area contributed by atoms with E-state index in [2.05, 4.69) is 21.9 Å². The van der Waals surface area contributed by atoms with Gasteiger partial charge in [-0.25, -0.2) is 9.59 Å². The second-order valence-electron chi connectivity index (χ2n) is 5.78. The average Bonchev–Trinajstić information content (AvgIpc) is 2.43. The van der Waals surface area contributed by atoms with Crippen molar-refractivity contribution in [3.8, 4) is 0 Å². The smallest absolute Gasteiger partial charge is 0.408 e. The number of hydrogen-bond acceptors (Lipinski definition) is 6. The van der Waals surface area contributed by atoms with Gasteiger partial charge in [0.15, 0.2) is 6.04 Å². The molecular weight excluding hydrogens is 304 g/mol. The second-order valence-corrected chi connectivity index (χ2v) is 5.78. The molecule has 0 aromatic heterocycles. The Morgan fingerprint density at radius 1 is 1.22 bits per heavy atom. The van der Waals surface area contributed by atoms with Gasteiger partial charge in [-0.2, -0.15) is 0 Å². The van der Waals surface area contributed by atoms with E-state index in [9.17, 15) is 14.4 Å². The van der Waals surface area contributed by atoms with Crippen molar-refractivity contribution in [2.24, 2.45) is 0 Å². The van der Waals surface area contributed by atoms with Crippen LogP contribution in [0.4, 0.5) is 4.79 Å². The van der Waals surface area contributed by atoms with E-state index in [4.69, 9.17) is 9.47 Å². The van der Waals surface area contributed by atoms with Crippen molar-refractivity contribution in [1.82, 2.24) is 10.6 Å². The Bertz CT molecular complexity index is 430. The molecule has 0 rings (SSSR count). The summed E-state index contributed by atoms with van der Waals surface area (Å²) in [7, 11) is 1.21. The monoisotopic (exact) mass is 330 g/mol. The van der Waals surface area contributed by atoms with Crippen molar-refractivity contribution in [2.75, 3.05) is 20.3 Å². The van der Waals surface area contributed by atoms with Gasteiger partial charge >= 0.3 is 12.1 Å². The first kappa shape index (κ1) is 20.9. The molecule has 0 radical (unpaired) electrons. The molecule has 132 valence electrons. The van der Waals surface area contributed by atoms with Crippen molar-refractivity contribution in [3.05, 3.63) is 12.7 Å². The van der Waals surface area contributed by atoms with Crippen LogP contribution in [0.2, 0.25) is 0 Å². The summed E-state index contributed by atoms with van der Waals surface area (Å²) in [6, 6.07) is -1.87. The Labute approximate surface area is 136 Å². The van der Waals surface area contributed by atoms with Gasteiger partial charge in [-0.1, -0.05) is 6.08 Å². The molecule has 0 saturated carbocycles. The molecule has 0 aliphatic carbocycles. The normalized spacial score (nSPS) is 13.4. The second kappa shape index (κ2) is 9.83. The van der Waals surface area contributed by atoms with Crippen LogP contribution in [0, 0.1) is 0 Å². The summed E-state index contributed by atoms with van der Waals surface area (Å²) in [6.45, 7) is 10.2. The maximum Gasteiger partial charge on any atom is 0.408 e. The van der Waals surface area contributed by atoms with Crippen LogP contribution in [-0.2, 0) is 23.8 Å². The first-order valence-corrected chi connectivity index (χ1v) is 7.17. The molecule has 8 heteroatoms. The number of carbonyl (C=O) groups excluding carboxylic acids is 3. The summed E-state index contributed by atoms with van der Waals surface area (Å²) < 4.78 is 14.8. The first-order chi connectivity index (χ1) is 10.6. The highest BCUT2D eigenvalue weighted by molar-refractivity contribution is 5.89. The molecule has 0 aromatic rings. The zero-order chi connectivity index (χ0) is 18.0. The van der Waals surface area contributed by atoms with E-state index >= 15 is 0 Å². The van der Waals surface area contributed by atoms with Crippen molar-refractivity contribution in [2.45, 2.75) is 45.4 Å². The predicted molar refractivity (Wildman–Crippen MR) is 83.8 cm³/mol. The van der Waals surface area contributed by atoms with Crippen molar-refractivity contribution >= 4 is 18.0 Å². The third-order valence-corrected chi connectivity index (χ3v) is 2.45. The minimum atomic E-state index is -0.977. The van der Waals surface area contributed by atoms with Crippen LogP contribution in [0.25, 0.3) is 0 Å². The fourth-order valence-electron chi connectivity index (χ4n) is 1.43. The quantitative estimate of drug-likeness (QED) is 0.387. The maximum atomic E-state index is 12.0. The number of methoxy groups -OCH3 is 1. The number of carbonyl (C=O) groups is 3. The Kier molecular flexibility index (Phi) is 8.94. The molecule has 2 N–H and O–H groups in total. The molecule has 0 aliphatic rings. The van der Waals surface area contributed by atoms with Crippen molar-refractivity contribution in [3.63, 3.8) is 0 Å². The molecule has 2 amide bonds. The van der Waals surface area contributed by atoms with Crippen molar-refractivity contribution < 1.29 is 28.6 Å². The molecular formula is C15H26N2O6. The van der Waals surface area contributed by atoms with E-state index in [1.807, 2.05) is 0 Å². The van der Waals surface area contributed by atoms with Gasteiger partial charge in [0, 0.05) is 0 Å². The van der Waals surface area contributed by atoms with E-state index in [1.54, 1.807) is 20.8 Å². The van der Waals surface area contributed by atoms with Crippen LogP contribution in [0.3, 0.4) is 0 Å². The van der Waals surface area contributed by atoms with Crippen LogP contribution in [0.1, 0.15) is 27.7 Å². The molecule has 0 aliphatic heterocycles. The number of esters is 1. The van der Waals surface area contributed by atoms with E-state index in [0.717, 1.165) is 0 Å². The van der Waals surface area contributed by atoms with Gasteiger partial charge in [0.2, 0.25) is 5.91 Å². The number of ether oxygens (including phenoxy) is 3. The lowest BCUT2D eigenvalue weighted by molar-refractivity contribution is -0.146. The molecule has 0 spiro atoms. The number of nitrogens with one attached hydrogen (secondary N) is 2. The highest BCUT2D eigenvalue weighted by Gasteiger charge is 2.26. The number of hydrogen-bond donors (Lipinski definition) is 2. The van der Waals surface area contributed by atoms with E-state index in [0.29, 0.717) is 0 Å². The summed E-state index contributed by atoms with van der Waals surface area (Å²) >= 11 is 0. The van der Waals surface area contributed by atoms with E-state index < -0.39 is 35.7 Å². The van der Waals surface area contributed by atoms with Crippen LogP contribution < -0.4 is 10.6 Å². The highest BCUT2D eigenvalue weighted by atomic mass is 16.6. The summed E-state index contributed by atoms with van der Waals surface area (Å²) in [5, 5.41) is 4.83. The Hall–Kier alpha value is -2.09. The molecule has 0 saturated heterocycles. The van der Waals surface area contributed by atoms with Gasteiger partial charge in [0.25, 0.3) is 0 Å². The van der Waals surface area contributed by atoms with Crippen LogP contribution in [-0.4, -0.2) is 56.0 Å². The summed E-state index contributed by atoms with van der Waals surface area (Å²) in [5.74, 6) is -1.21. The zero-order valence-corrected chi connectivity index (χ0v) is 14.3. The first-order valence-electron chi connectivity index (χ1n) is 7.17. The summed E-state index contributed by atoms with van der Waals surface area (Å²) in [5.41, 5.74) is -0.673. The van der Waals surface area contributed by atoms with Crippen LogP contribution in [0.15, 0.2) is 12.7 Å². The molecule has 0 fully saturated rings. The van der Waals surface area contributed by atoms with Gasteiger partial charge in [-0.3, -0.25) is 4.79 Å². The standard InChI is InChI=1S/C15H26N2O6/c1-7-8-22-9-11(13(19)21-6)17-12(18)10(2)16-14(20)23-15(3,4)5/h7,10-11H,1,8-9H2,2-6H3,(H,16,20)(H,17,18)/t10-,11-/m0/s1. The Morgan fingerprint density at radius 2 is 1.83 bits per heavy atom. The van der Waals surface area contributed by atoms with Gasteiger partial charge in [-0.15, -0.1) is 6.58 Å². The Morgan fingerprint density at radius 3 is 2.30 bits per heavy atom. The molecule has 0 aromatic carbocycles. The van der Waals surface area contributed by atoms with Gasteiger partial charge < -0.3 is 24.8 Å². The highest BCUT2D eigenvalue weighted by Crippen LogP contribution is 2.06. The molecule has 2 atom stereocenters. The topological polar surface area (TPSA) is 103 Å². The van der Waals surface area contributed by atoms with E-state index in [1.165, 1.54) is 20.1 Å². The van der Waals surface area contributed by atoms with Crippen molar-refractivity contribution in [1.29, 1.82) is 0 Å². The van der Waals surface area contributed by atoms with Gasteiger partial charge in [-0.05, 0) is 27.7 Å². The third kappa shape index (κ3) is 9.51. The molecule has 0 unspecified atom stereocenters. The maximum absolute atomic E-state index is 12.0. The zero-order valence-electron chi connectivity index (χ0n) is 14.3. The average molecular weight is 330 g/mol. The number of amides is 2. The lowest BCUT2D eigenvalue weighted by atomic mass is 10.2. The fourth-order valence-corrected chi connectivity index (χ4v) is 1.43. The lowest BCUT2D eigenvalue weighted by Crippen LogP contribution is -2.52. The predicted octanol–water partition coefficient (Wildman–Crippen LogP) is 0.760. The summed E-state index contributed by atoms with van der Waals surface area (Å²) in [6.07, 6.45) is 0.792. The SMILES string of the molecule is C=CCOC[C@H](NC(=O)[C@H](C)NC(=O)OC(C)(C)C)C(=O)OC. The van der Waals surface area contributed by atoms with Gasteiger partial charge in [0.1, 0.15) is 11.6 Å². The molecule has 23 heavy (non-hydrogen) atoms. The fraction of sp³-hybridized carbons (Fsp3) is 0.667. The summed E-state index contributed by atoms with van der Waals surface area (Å²) in [4.78, 5) is 35.3. The molecule has 0 bridgehead atoms. The minimum absolute atomic E-state index is 0.0659. The van der Waals surface area contributed by atoms with Gasteiger partial charge in [0.05, 0.1) is 20.3 Å². The number of alkyl carbamates (subject to hydrolysis) is 1. The molecule has 8 nitrogen and oxygen atoms in total. The minimum Gasteiger partial charge on any atom is -0.467 e. The largest absolute Gasteiger partial charge is 0.467 e. The van der Waals surface area contributed by atoms with E-state index in [-0.39, 0.29) is 13.2 Å². The lowest BCUT2D eigenvalue weighted by Gasteiger charge is -2.23. The Balaban J connectivity index is 4.56. The molecule has 0 heterocycles. The van der Waals surface area contributed by atoms with Crippen LogP contribution >= 0.6 is 0 Å².